The molecule has 0 saturated carbocycles. The first-order chi connectivity index (χ1) is 19.1. The van der Waals surface area contributed by atoms with Crippen molar-refractivity contribution in [2.24, 2.45) is 0 Å². The quantitative estimate of drug-likeness (QED) is 0.161. The van der Waals surface area contributed by atoms with Crippen LogP contribution < -0.4 is 5.32 Å². The highest BCUT2D eigenvalue weighted by molar-refractivity contribution is 8.26. The fraction of sp³-hybridized carbons (Fsp3) is 0.154. The minimum Gasteiger partial charge on any atom is -0.478 e. The van der Waals surface area contributed by atoms with Gasteiger partial charge in [-0.15, -0.1) is 11.3 Å². The van der Waals surface area contributed by atoms with Gasteiger partial charge in [0.1, 0.15) is 4.32 Å². The first kappa shape index (κ1) is 30.3. The maximum Gasteiger partial charge on any atom is 0.416 e. The number of benzene rings is 2. The lowest BCUT2D eigenvalue weighted by Gasteiger charge is -2.14. The number of hydrogen-bond acceptors (Lipinski definition) is 6. The first-order valence-electron chi connectivity index (χ1n) is 11.4. The number of carbonyl (C=O) groups is 3. The number of nitrogens with zero attached hydrogens (tertiary/aromatic N) is 1. The molecule has 1 saturated heterocycles. The van der Waals surface area contributed by atoms with Crippen molar-refractivity contribution in [3.05, 3.63) is 80.4 Å². The smallest absolute Gasteiger partial charge is 0.416 e. The van der Waals surface area contributed by atoms with Crippen LogP contribution in [0.4, 0.5) is 32.0 Å². The molecule has 3 aromatic rings. The Hall–Kier alpha value is -3.69. The Morgan fingerprint density at radius 1 is 0.976 bits per heavy atom. The molecular weight excluding hydrogens is 614 g/mol. The van der Waals surface area contributed by atoms with Gasteiger partial charge < -0.3 is 10.4 Å². The highest BCUT2D eigenvalue weighted by atomic mass is 32.2. The fourth-order valence-corrected chi connectivity index (χ4v) is 5.91. The molecule has 0 radical (unpaired) electrons. The number of thiophene rings is 1. The predicted molar refractivity (Wildman–Crippen MR) is 146 cm³/mol. The van der Waals surface area contributed by atoms with Crippen LogP contribution in [0.25, 0.3) is 17.2 Å². The second-order valence-electron chi connectivity index (χ2n) is 8.55. The van der Waals surface area contributed by atoms with Gasteiger partial charge in [0.2, 0.25) is 5.91 Å². The van der Waals surface area contributed by atoms with Gasteiger partial charge >= 0.3 is 18.3 Å². The molecule has 1 aliphatic rings. The summed E-state index contributed by atoms with van der Waals surface area (Å²) >= 11 is 7.19. The summed E-state index contributed by atoms with van der Waals surface area (Å²) in [5, 5.41) is 13.0. The Bertz CT molecular complexity index is 1550. The average Bonchev–Trinajstić information content (AvgIpc) is 3.45. The molecule has 1 aliphatic heterocycles. The Kier molecular flexibility index (Phi) is 8.61. The van der Waals surface area contributed by atoms with Crippen molar-refractivity contribution in [2.75, 3.05) is 11.9 Å². The van der Waals surface area contributed by atoms with Crippen LogP contribution in [0, 0.1) is 0 Å². The van der Waals surface area contributed by atoms with Crippen molar-refractivity contribution in [2.45, 2.75) is 18.8 Å². The molecular formula is C26H16F6N2O4S3. The van der Waals surface area contributed by atoms with Crippen LogP contribution in [0.2, 0.25) is 0 Å². The average molecular weight is 631 g/mol. The number of aromatic carboxylic acids is 1. The zero-order chi connectivity index (χ0) is 30.1. The summed E-state index contributed by atoms with van der Waals surface area (Å²) in [7, 11) is 0. The lowest BCUT2D eigenvalue weighted by Crippen LogP contribution is -2.31. The number of halogens is 6. The second kappa shape index (κ2) is 11.7. The maximum atomic E-state index is 13.2. The molecule has 6 nitrogen and oxygen atoms in total. The Morgan fingerprint density at radius 2 is 1.63 bits per heavy atom. The topological polar surface area (TPSA) is 86.7 Å². The normalized spacial score (nSPS) is 15.1. The zero-order valence-electron chi connectivity index (χ0n) is 20.3. The van der Waals surface area contributed by atoms with Gasteiger partial charge in [0.25, 0.3) is 5.91 Å². The number of hydrogen-bond donors (Lipinski definition) is 2. The molecule has 2 heterocycles. The van der Waals surface area contributed by atoms with Gasteiger partial charge in [0, 0.05) is 23.5 Å². The van der Waals surface area contributed by atoms with Crippen LogP contribution in [0.5, 0.6) is 0 Å². The number of alkyl halides is 6. The van der Waals surface area contributed by atoms with E-state index < -0.39 is 41.3 Å². The third-order valence-electron chi connectivity index (χ3n) is 5.64. The molecule has 41 heavy (non-hydrogen) atoms. The Morgan fingerprint density at radius 3 is 2.24 bits per heavy atom. The molecule has 0 atom stereocenters. The molecule has 1 fully saturated rings. The molecule has 0 aliphatic carbocycles. The van der Waals surface area contributed by atoms with Crippen molar-refractivity contribution in [3.8, 4) is 11.1 Å². The molecule has 214 valence electrons. The maximum absolute atomic E-state index is 13.2. The number of carboxylic acids is 1. The van der Waals surface area contributed by atoms with Gasteiger partial charge in [-0.1, -0.05) is 30.0 Å². The lowest BCUT2D eigenvalue weighted by atomic mass is 10.0. The van der Waals surface area contributed by atoms with Gasteiger partial charge in [-0.05, 0) is 65.0 Å². The van der Waals surface area contributed by atoms with E-state index in [4.69, 9.17) is 17.3 Å². The summed E-state index contributed by atoms with van der Waals surface area (Å²) in [5.74, 6) is -2.17. The van der Waals surface area contributed by atoms with E-state index in [1.54, 1.807) is 0 Å². The molecule has 0 unspecified atom stereocenters. The van der Waals surface area contributed by atoms with Gasteiger partial charge in [-0.2, -0.15) is 26.3 Å². The van der Waals surface area contributed by atoms with Crippen LogP contribution in [0.3, 0.4) is 0 Å². The third-order valence-corrected chi connectivity index (χ3v) is 7.90. The molecule has 2 N–H and O–H groups in total. The Balaban J connectivity index is 1.46. The molecule has 4 rings (SSSR count). The Labute approximate surface area is 241 Å². The van der Waals surface area contributed by atoms with Gasteiger partial charge in [0.15, 0.2) is 0 Å². The van der Waals surface area contributed by atoms with E-state index in [-0.39, 0.29) is 50.6 Å². The van der Waals surface area contributed by atoms with Crippen LogP contribution >= 0.6 is 35.3 Å². The molecule has 2 aromatic carbocycles. The minimum absolute atomic E-state index is 0.0181. The molecule has 15 heteroatoms. The van der Waals surface area contributed by atoms with E-state index >= 15 is 0 Å². The first-order valence-corrected chi connectivity index (χ1v) is 13.5. The summed E-state index contributed by atoms with van der Waals surface area (Å²) < 4.78 is 79.6. The van der Waals surface area contributed by atoms with Crippen LogP contribution in [0.1, 0.15) is 32.8 Å². The van der Waals surface area contributed by atoms with Crippen molar-refractivity contribution in [1.82, 2.24) is 4.90 Å². The van der Waals surface area contributed by atoms with E-state index in [9.17, 15) is 40.7 Å². The molecule has 0 spiro atoms. The molecule has 2 amide bonds. The van der Waals surface area contributed by atoms with E-state index in [1.807, 2.05) is 0 Å². The number of thiocarbonyl (C=S) groups is 1. The summed E-state index contributed by atoms with van der Waals surface area (Å²) in [6, 6.07) is 8.28. The number of carbonyl (C=O) groups excluding carboxylic acids is 2. The largest absolute Gasteiger partial charge is 0.478 e. The fourth-order valence-electron chi connectivity index (χ4n) is 3.69. The zero-order valence-corrected chi connectivity index (χ0v) is 22.7. The van der Waals surface area contributed by atoms with Crippen molar-refractivity contribution in [3.63, 3.8) is 0 Å². The summed E-state index contributed by atoms with van der Waals surface area (Å²) in [4.78, 5) is 38.1. The standard InChI is InChI=1S/C26H16F6N2O4S3/c27-25(28,29)16-6-14(7-17(10-16)26(30,31)32)15-9-19(40-12-15)11-20-22(36)34(24(39)41-20)5-4-21(35)33-18-3-1-2-13(8-18)23(37)38/h1-3,6-12H,4-5H2,(H,33,35)(H,37,38)/b20-11-. The number of amides is 2. The third kappa shape index (κ3) is 7.34. The summed E-state index contributed by atoms with van der Waals surface area (Å²) in [6.07, 6.45) is -8.70. The van der Waals surface area contributed by atoms with Crippen LogP contribution in [-0.2, 0) is 21.9 Å². The number of carboxylic acid groups (broad SMARTS) is 1. The predicted octanol–water partition coefficient (Wildman–Crippen LogP) is 7.38. The van der Waals surface area contributed by atoms with E-state index in [0.29, 0.717) is 17.0 Å². The van der Waals surface area contributed by atoms with E-state index in [0.717, 1.165) is 23.1 Å². The summed E-state index contributed by atoms with van der Waals surface area (Å²) in [6.45, 7) is -0.0768. The number of rotatable bonds is 7. The SMILES string of the molecule is O=C(CCN1C(=O)/C(=C/c2cc(-c3cc(C(F)(F)F)cc(C(F)(F)F)c3)cs2)SC1=S)Nc1cccc(C(=O)O)c1. The van der Waals surface area contributed by atoms with Crippen LogP contribution in [0.15, 0.2) is 58.8 Å². The number of anilines is 1. The highest BCUT2D eigenvalue weighted by Crippen LogP contribution is 2.40. The van der Waals surface area contributed by atoms with Crippen molar-refractivity contribution >= 4 is 69.2 Å². The molecule has 0 bridgehead atoms. The van der Waals surface area contributed by atoms with E-state index in [1.165, 1.54) is 46.7 Å². The van der Waals surface area contributed by atoms with Gasteiger partial charge in [0.05, 0.1) is 21.6 Å². The molecule has 1 aromatic heterocycles. The monoisotopic (exact) mass is 630 g/mol. The second-order valence-corrected chi connectivity index (χ2v) is 11.2. The van der Waals surface area contributed by atoms with Crippen molar-refractivity contribution in [1.29, 1.82) is 0 Å². The van der Waals surface area contributed by atoms with E-state index in [2.05, 4.69) is 5.32 Å². The minimum atomic E-state index is -4.98. The van der Waals surface area contributed by atoms with Crippen LogP contribution in [-0.4, -0.2) is 38.7 Å². The number of nitrogens with one attached hydrogen (secondary N) is 1. The van der Waals surface area contributed by atoms with Gasteiger partial charge in [-0.25, -0.2) is 4.79 Å². The summed E-state index contributed by atoms with van der Waals surface area (Å²) in [5.41, 5.74) is -2.80. The van der Waals surface area contributed by atoms with Crippen molar-refractivity contribution < 1.29 is 45.8 Å². The van der Waals surface area contributed by atoms with Gasteiger partial charge in [-0.3, -0.25) is 14.5 Å². The number of thioether (sulfide) groups is 1. The highest BCUT2D eigenvalue weighted by Gasteiger charge is 2.37. The lowest BCUT2D eigenvalue weighted by molar-refractivity contribution is -0.143.